The summed E-state index contributed by atoms with van der Waals surface area (Å²) in [6.07, 6.45) is 3.40. The first kappa shape index (κ1) is 14.3. The Balaban J connectivity index is 2.44. The van der Waals surface area contributed by atoms with Crippen LogP contribution in [0.15, 0.2) is 48.7 Å². The zero-order valence-electron chi connectivity index (χ0n) is 13.9. The van der Waals surface area contributed by atoms with Crippen molar-refractivity contribution in [1.29, 1.82) is 0 Å². The van der Waals surface area contributed by atoms with Crippen molar-refractivity contribution in [1.82, 2.24) is 0 Å². The topological polar surface area (TPSA) is 3.88 Å². The molecule has 2 atom stereocenters. The van der Waals surface area contributed by atoms with Crippen LogP contribution in [0.2, 0.25) is 0 Å². The smallest absolute Gasteiger partial charge is 0.192 e. The van der Waals surface area contributed by atoms with Crippen LogP contribution in [0.5, 0.6) is 0 Å². The molecule has 0 saturated heterocycles. The van der Waals surface area contributed by atoms with Gasteiger partial charge in [0.15, 0.2) is 11.7 Å². The quantitative estimate of drug-likeness (QED) is 0.702. The molecule has 1 nitrogen and oxygen atoms in total. The standard InChI is InChI=1S/C20H26N/c1-6-19(4)17-12-8-7-11-16(17)18-13-9-10-14-21(18)20(19,5)15(2)3/h7-15H,6H2,1-5H3/q+1. The monoisotopic (exact) mass is 280 g/mol. The van der Waals surface area contributed by atoms with Crippen LogP contribution in [0.3, 0.4) is 0 Å². The molecule has 1 aromatic heterocycles. The Morgan fingerprint density at radius 1 is 1.00 bits per heavy atom. The van der Waals surface area contributed by atoms with Crippen molar-refractivity contribution in [3.63, 3.8) is 0 Å². The van der Waals surface area contributed by atoms with E-state index in [2.05, 4.69) is 87.8 Å². The summed E-state index contributed by atoms with van der Waals surface area (Å²) in [4.78, 5) is 0. The number of pyridine rings is 1. The Morgan fingerprint density at radius 3 is 2.33 bits per heavy atom. The van der Waals surface area contributed by atoms with Crippen LogP contribution in [0.4, 0.5) is 0 Å². The van der Waals surface area contributed by atoms with Gasteiger partial charge in [-0.25, -0.2) is 0 Å². The van der Waals surface area contributed by atoms with Crippen molar-refractivity contribution < 1.29 is 4.57 Å². The maximum atomic E-state index is 2.52. The third-order valence-corrected chi connectivity index (χ3v) is 6.11. The first-order chi connectivity index (χ1) is 9.96. The molecule has 0 bridgehead atoms. The summed E-state index contributed by atoms with van der Waals surface area (Å²) in [6, 6.07) is 15.5. The van der Waals surface area contributed by atoms with Gasteiger partial charge in [-0.15, -0.1) is 0 Å². The van der Waals surface area contributed by atoms with Crippen molar-refractivity contribution in [3.05, 3.63) is 54.2 Å². The number of fused-ring (bicyclic) bond motifs is 3. The average molecular weight is 280 g/mol. The molecule has 1 heteroatoms. The van der Waals surface area contributed by atoms with Crippen LogP contribution in [-0.4, -0.2) is 0 Å². The molecular weight excluding hydrogens is 254 g/mol. The number of hydrogen-bond donors (Lipinski definition) is 0. The van der Waals surface area contributed by atoms with Crippen LogP contribution in [0.1, 0.15) is 46.6 Å². The molecule has 0 N–H and O–H groups in total. The summed E-state index contributed by atoms with van der Waals surface area (Å²) < 4.78 is 2.52. The van der Waals surface area contributed by atoms with Crippen LogP contribution in [-0.2, 0) is 11.0 Å². The highest BCUT2D eigenvalue weighted by Gasteiger charge is 2.58. The fourth-order valence-corrected chi connectivity index (χ4v) is 4.26. The lowest BCUT2D eigenvalue weighted by Gasteiger charge is -2.48. The van der Waals surface area contributed by atoms with Gasteiger partial charge in [-0.2, -0.15) is 4.57 Å². The summed E-state index contributed by atoms with van der Waals surface area (Å²) in [5, 5.41) is 0. The number of nitrogens with zero attached hydrogens (tertiary/aromatic N) is 1. The summed E-state index contributed by atoms with van der Waals surface area (Å²) in [5.41, 5.74) is 4.44. The third kappa shape index (κ3) is 1.67. The predicted molar refractivity (Wildman–Crippen MR) is 88.2 cm³/mol. The van der Waals surface area contributed by atoms with E-state index in [0.29, 0.717) is 5.92 Å². The van der Waals surface area contributed by atoms with Gasteiger partial charge in [0.2, 0.25) is 5.69 Å². The van der Waals surface area contributed by atoms with Gasteiger partial charge in [0.25, 0.3) is 0 Å². The highest BCUT2D eigenvalue weighted by molar-refractivity contribution is 5.65. The molecule has 1 aliphatic heterocycles. The molecule has 0 radical (unpaired) electrons. The lowest BCUT2D eigenvalue weighted by Crippen LogP contribution is -2.70. The van der Waals surface area contributed by atoms with E-state index >= 15 is 0 Å². The van der Waals surface area contributed by atoms with Gasteiger partial charge in [0.05, 0.1) is 11.0 Å². The van der Waals surface area contributed by atoms with Gasteiger partial charge in [0.1, 0.15) is 0 Å². The Hall–Kier alpha value is -1.63. The number of aromatic nitrogens is 1. The van der Waals surface area contributed by atoms with Crippen LogP contribution in [0, 0.1) is 5.92 Å². The first-order valence-corrected chi connectivity index (χ1v) is 8.08. The molecule has 0 saturated carbocycles. The van der Waals surface area contributed by atoms with E-state index in [1.165, 1.54) is 16.8 Å². The zero-order valence-corrected chi connectivity index (χ0v) is 13.9. The largest absolute Gasteiger partial charge is 0.213 e. The second kappa shape index (κ2) is 4.69. The molecule has 3 rings (SSSR count). The van der Waals surface area contributed by atoms with Crippen molar-refractivity contribution in [2.45, 2.75) is 52.0 Å². The van der Waals surface area contributed by atoms with Gasteiger partial charge in [-0.05, 0) is 31.0 Å². The molecule has 1 aromatic carbocycles. The minimum absolute atomic E-state index is 0.0761. The summed E-state index contributed by atoms with van der Waals surface area (Å²) in [6.45, 7) is 11.9. The number of rotatable bonds is 2. The highest BCUT2D eigenvalue weighted by Crippen LogP contribution is 2.50. The van der Waals surface area contributed by atoms with Gasteiger partial charge < -0.3 is 0 Å². The Bertz CT molecular complexity index is 673. The first-order valence-electron chi connectivity index (χ1n) is 8.08. The summed E-state index contributed by atoms with van der Waals surface area (Å²) in [7, 11) is 0. The molecular formula is C20H26N+. The molecule has 2 heterocycles. The van der Waals surface area contributed by atoms with Crippen molar-refractivity contribution >= 4 is 0 Å². The maximum Gasteiger partial charge on any atom is 0.213 e. The summed E-state index contributed by atoms with van der Waals surface area (Å²) >= 11 is 0. The minimum atomic E-state index is 0.0761. The molecule has 21 heavy (non-hydrogen) atoms. The van der Waals surface area contributed by atoms with E-state index in [1.807, 2.05) is 0 Å². The summed E-state index contributed by atoms with van der Waals surface area (Å²) in [5.74, 6) is 0.557. The molecule has 0 spiro atoms. The second-order valence-electron chi connectivity index (χ2n) is 6.99. The van der Waals surface area contributed by atoms with E-state index in [0.717, 1.165) is 6.42 Å². The van der Waals surface area contributed by atoms with E-state index < -0.39 is 0 Å². The third-order valence-electron chi connectivity index (χ3n) is 6.11. The van der Waals surface area contributed by atoms with Gasteiger partial charge in [0, 0.05) is 25.0 Å². The van der Waals surface area contributed by atoms with Crippen molar-refractivity contribution in [2.75, 3.05) is 0 Å². The van der Waals surface area contributed by atoms with Crippen LogP contribution < -0.4 is 4.57 Å². The van der Waals surface area contributed by atoms with Gasteiger partial charge in [-0.3, -0.25) is 0 Å². The molecule has 2 aromatic rings. The lowest BCUT2D eigenvalue weighted by atomic mass is 9.58. The number of benzene rings is 1. The fraction of sp³-hybridized carbons (Fsp3) is 0.450. The minimum Gasteiger partial charge on any atom is -0.192 e. The molecule has 0 aliphatic carbocycles. The molecule has 0 fully saturated rings. The van der Waals surface area contributed by atoms with Gasteiger partial charge >= 0.3 is 0 Å². The van der Waals surface area contributed by atoms with Crippen LogP contribution >= 0.6 is 0 Å². The zero-order chi connectivity index (χ0) is 15.3. The number of hydrogen-bond acceptors (Lipinski definition) is 0. The maximum absolute atomic E-state index is 2.52. The van der Waals surface area contributed by atoms with E-state index in [9.17, 15) is 0 Å². The predicted octanol–water partition coefficient (Wildman–Crippen LogP) is 4.69. The van der Waals surface area contributed by atoms with Crippen LogP contribution in [0.25, 0.3) is 11.3 Å². The highest BCUT2D eigenvalue weighted by atomic mass is 15.1. The van der Waals surface area contributed by atoms with Crippen molar-refractivity contribution in [2.24, 2.45) is 5.92 Å². The molecule has 2 unspecified atom stereocenters. The Kier molecular flexibility index (Phi) is 3.20. The Labute approximate surface area is 128 Å². The average Bonchev–Trinajstić information content (AvgIpc) is 2.52. The van der Waals surface area contributed by atoms with Crippen molar-refractivity contribution in [3.8, 4) is 11.3 Å². The normalized spacial score (nSPS) is 27.3. The van der Waals surface area contributed by atoms with Gasteiger partial charge in [-0.1, -0.05) is 39.0 Å². The lowest BCUT2D eigenvalue weighted by molar-refractivity contribution is -0.772. The van der Waals surface area contributed by atoms with E-state index in [4.69, 9.17) is 0 Å². The molecule has 0 amide bonds. The van der Waals surface area contributed by atoms with E-state index in [1.54, 1.807) is 0 Å². The Morgan fingerprint density at radius 2 is 1.67 bits per heavy atom. The molecule has 1 aliphatic rings. The second-order valence-corrected chi connectivity index (χ2v) is 6.99. The SMILES string of the molecule is CCC1(C)c2ccccc2-c2cccc[n+]2C1(C)C(C)C. The fourth-order valence-electron chi connectivity index (χ4n) is 4.26. The van der Waals surface area contributed by atoms with E-state index in [-0.39, 0.29) is 11.0 Å². The molecule has 110 valence electrons.